The summed E-state index contributed by atoms with van der Waals surface area (Å²) in [4.78, 5) is 43.2. The van der Waals surface area contributed by atoms with Crippen LogP contribution in [0.3, 0.4) is 0 Å². The first kappa shape index (κ1) is 35.2. The number of hydrogen-bond donors (Lipinski definition) is 3. The quantitative estimate of drug-likeness (QED) is 0.248. The highest BCUT2D eigenvalue weighted by atomic mass is 16.6. The second-order valence-electron chi connectivity index (χ2n) is 12.8. The average Bonchev–Trinajstić information content (AvgIpc) is 3.09. The van der Waals surface area contributed by atoms with Crippen LogP contribution in [0.25, 0.3) is 0 Å². The number of rotatable bonds is 11. The molecule has 2 aliphatic heterocycles. The molecule has 3 aliphatic rings. The Balaban J connectivity index is 1.21. The Kier molecular flexibility index (Phi) is 12.1. The molecule has 0 spiro atoms. The molecule has 1 fully saturated rings. The Morgan fingerprint density at radius 1 is 0.939 bits per heavy atom. The van der Waals surface area contributed by atoms with Crippen molar-refractivity contribution in [3.8, 4) is 0 Å². The lowest BCUT2D eigenvalue weighted by Gasteiger charge is -2.29. The Morgan fingerprint density at radius 2 is 1.67 bits per heavy atom. The van der Waals surface area contributed by atoms with E-state index in [1.807, 2.05) is 24.3 Å². The molecular formula is C37H45N5O7. The van der Waals surface area contributed by atoms with Crippen LogP contribution in [0.15, 0.2) is 96.5 Å². The van der Waals surface area contributed by atoms with Crippen LogP contribution in [0.2, 0.25) is 0 Å². The van der Waals surface area contributed by atoms with Crippen molar-refractivity contribution in [1.82, 2.24) is 15.1 Å². The first-order valence-corrected chi connectivity index (χ1v) is 16.6. The van der Waals surface area contributed by atoms with Crippen LogP contribution < -0.4 is 16.0 Å². The lowest BCUT2D eigenvalue weighted by molar-refractivity contribution is 0.0364. The van der Waals surface area contributed by atoms with Crippen molar-refractivity contribution >= 4 is 29.4 Å². The minimum atomic E-state index is -0.663. The maximum atomic E-state index is 13.6. The van der Waals surface area contributed by atoms with Gasteiger partial charge in [0.25, 0.3) is 5.91 Å². The van der Waals surface area contributed by atoms with Crippen molar-refractivity contribution in [3.63, 3.8) is 0 Å². The Bertz CT molecular complexity index is 1600. The molecule has 1 saturated heterocycles. The van der Waals surface area contributed by atoms with Crippen molar-refractivity contribution in [3.05, 3.63) is 108 Å². The summed E-state index contributed by atoms with van der Waals surface area (Å²) in [5.74, 6) is 0.432. The predicted octanol–water partition coefficient (Wildman–Crippen LogP) is 6.48. The third-order valence-corrected chi connectivity index (χ3v) is 7.82. The molecule has 0 aromatic heterocycles. The lowest BCUT2D eigenvalue weighted by Crippen LogP contribution is -2.42. The normalized spacial score (nSPS) is 16.2. The van der Waals surface area contributed by atoms with Gasteiger partial charge in [-0.15, -0.1) is 0 Å². The summed E-state index contributed by atoms with van der Waals surface area (Å²) < 4.78 is 22.3. The first-order valence-electron chi connectivity index (χ1n) is 16.6. The Hall–Kier alpha value is -5.07. The molecule has 3 N–H and O–H groups in total. The highest BCUT2D eigenvalue weighted by Gasteiger charge is 2.22. The number of morpholine rings is 1. The zero-order valence-corrected chi connectivity index (χ0v) is 28.3. The highest BCUT2D eigenvalue weighted by molar-refractivity contribution is 6.06. The van der Waals surface area contributed by atoms with Gasteiger partial charge >= 0.3 is 12.1 Å². The minimum absolute atomic E-state index is 0.213. The van der Waals surface area contributed by atoms with E-state index in [4.69, 9.17) is 18.9 Å². The van der Waals surface area contributed by atoms with Gasteiger partial charge < -0.3 is 29.2 Å². The van der Waals surface area contributed by atoms with Gasteiger partial charge in [0.05, 0.1) is 24.6 Å². The number of urea groups is 1. The maximum absolute atomic E-state index is 13.6. The van der Waals surface area contributed by atoms with E-state index in [1.54, 1.807) is 62.1 Å². The predicted molar refractivity (Wildman–Crippen MR) is 186 cm³/mol. The van der Waals surface area contributed by atoms with E-state index in [9.17, 15) is 14.4 Å². The number of hydrogen-bond acceptors (Lipinski definition) is 8. The van der Waals surface area contributed by atoms with Crippen molar-refractivity contribution < 1.29 is 33.3 Å². The number of benzene rings is 2. The smallest absolute Gasteiger partial charge is 0.412 e. The molecule has 12 nitrogen and oxygen atoms in total. The lowest BCUT2D eigenvalue weighted by atomic mass is 10.0. The number of amides is 4. The van der Waals surface area contributed by atoms with Gasteiger partial charge in [-0.25, -0.2) is 9.59 Å². The number of anilines is 2. The second kappa shape index (κ2) is 16.8. The molecule has 2 aromatic carbocycles. The number of carbonyl (C=O) groups excluding carboxylic acids is 3. The molecular weight excluding hydrogens is 626 g/mol. The van der Waals surface area contributed by atoms with E-state index in [0.29, 0.717) is 49.0 Å². The van der Waals surface area contributed by atoms with Crippen LogP contribution in [0.5, 0.6) is 0 Å². The largest absolute Gasteiger partial charge is 0.463 e. The van der Waals surface area contributed by atoms with Gasteiger partial charge in [-0.3, -0.25) is 20.3 Å². The van der Waals surface area contributed by atoms with E-state index in [1.165, 1.54) is 12.5 Å². The number of para-hydroxylation sites is 2. The number of ether oxygens (including phenoxy) is 4. The van der Waals surface area contributed by atoms with Crippen LogP contribution in [0, 0.1) is 0 Å². The molecule has 0 bridgehead atoms. The van der Waals surface area contributed by atoms with Gasteiger partial charge in [0.2, 0.25) is 5.88 Å². The summed E-state index contributed by atoms with van der Waals surface area (Å²) in [7, 11) is 0. The maximum Gasteiger partial charge on any atom is 0.412 e. The molecule has 1 aliphatic carbocycles. The number of nitrogens with one attached hydrogen (secondary N) is 3. The van der Waals surface area contributed by atoms with E-state index < -0.39 is 11.7 Å². The van der Waals surface area contributed by atoms with Crippen LogP contribution in [-0.2, 0) is 25.5 Å². The van der Waals surface area contributed by atoms with Crippen LogP contribution >= 0.6 is 0 Å². The van der Waals surface area contributed by atoms with Crippen LogP contribution in [0.4, 0.5) is 21.0 Å². The van der Waals surface area contributed by atoms with E-state index >= 15 is 0 Å². The molecule has 4 amide bonds. The molecule has 0 unspecified atom stereocenters. The minimum Gasteiger partial charge on any atom is -0.463 e. The first-order chi connectivity index (χ1) is 23.6. The monoisotopic (exact) mass is 671 g/mol. The fraction of sp³-hybridized carbons (Fsp3) is 0.378. The van der Waals surface area contributed by atoms with E-state index in [2.05, 4.69) is 26.9 Å². The third kappa shape index (κ3) is 11.0. The number of nitrogens with zero attached hydrogens (tertiary/aromatic N) is 2. The topological polar surface area (TPSA) is 131 Å². The van der Waals surface area contributed by atoms with Crippen LogP contribution in [0.1, 0.15) is 56.0 Å². The fourth-order valence-corrected chi connectivity index (χ4v) is 5.37. The Morgan fingerprint density at radius 3 is 2.37 bits per heavy atom. The number of carbonyl (C=O) groups is 3. The summed E-state index contributed by atoms with van der Waals surface area (Å²) in [6, 6.07) is 13.6. The SMILES string of the molecule is CC(C)(C)OC(=O)Nc1ccccc1NC(=O)c1ccc(CN(CCCN2CCOCC2)C(=O)NC2=COC=C(C3=CC=CCC3)O2)cc1. The molecule has 49 heavy (non-hydrogen) atoms. The van der Waals surface area contributed by atoms with E-state index in [0.717, 1.165) is 50.0 Å². The van der Waals surface area contributed by atoms with E-state index in [-0.39, 0.29) is 17.8 Å². The summed E-state index contributed by atoms with van der Waals surface area (Å²) in [5, 5.41) is 8.42. The van der Waals surface area contributed by atoms with Gasteiger partial charge in [0, 0.05) is 38.3 Å². The van der Waals surface area contributed by atoms with Crippen molar-refractivity contribution in [2.45, 2.75) is 52.2 Å². The second-order valence-corrected chi connectivity index (χ2v) is 12.8. The van der Waals surface area contributed by atoms with Gasteiger partial charge in [0.1, 0.15) is 11.9 Å². The molecule has 2 aromatic rings. The fourth-order valence-electron chi connectivity index (χ4n) is 5.37. The molecule has 0 radical (unpaired) electrons. The summed E-state index contributed by atoms with van der Waals surface area (Å²) >= 11 is 0. The van der Waals surface area contributed by atoms with Crippen molar-refractivity contribution in [1.29, 1.82) is 0 Å². The highest BCUT2D eigenvalue weighted by Crippen LogP contribution is 2.26. The third-order valence-electron chi connectivity index (χ3n) is 7.82. The zero-order valence-electron chi connectivity index (χ0n) is 28.3. The van der Waals surface area contributed by atoms with Gasteiger partial charge in [-0.1, -0.05) is 42.5 Å². The van der Waals surface area contributed by atoms with Crippen molar-refractivity contribution in [2.24, 2.45) is 0 Å². The number of allylic oxidation sites excluding steroid dienone is 4. The average molecular weight is 672 g/mol. The van der Waals surface area contributed by atoms with Crippen LogP contribution in [-0.4, -0.2) is 72.8 Å². The summed E-state index contributed by atoms with van der Waals surface area (Å²) in [5.41, 5.74) is 2.45. The Labute approximate surface area is 287 Å². The molecule has 2 heterocycles. The van der Waals surface area contributed by atoms with Crippen molar-refractivity contribution in [2.75, 3.05) is 50.0 Å². The standard InChI is InChI=1S/C37H45N5O7/c1-37(2,3)49-36(45)39-31-13-8-7-12-30(31)38-34(43)29-16-14-27(15-17-29)24-42(19-9-18-41-20-22-46-23-21-41)35(44)40-33-26-47-25-32(48-33)28-10-5-4-6-11-28/h4-5,7-8,10,12-17,25-26H,6,9,11,18-24H2,1-3H3,(H,38,43)(H,39,45)(H,40,44). The summed E-state index contributed by atoms with van der Waals surface area (Å²) in [6.45, 7) is 10.2. The zero-order chi connectivity index (χ0) is 34.6. The molecule has 5 rings (SSSR count). The van der Waals surface area contributed by atoms with Gasteiger partial charge in [-0.05, 0) is 75.4 Å². The molecule has 0 atom stereocenters. The molecule has 0 saturated carbocycles. The van der Waals surface area contributed by atoms with Gasteiger partial charge in [0.15, 0.2) is 12.0 Å². The molecule has 260 valence electrons. The summed E-state index contributed by atoms with van der Waals surface area (Å²) in [6.07, 6.45) is 10.8. The molecule has 12 heteroatoms. The van der Waals surface area contributed by atoms with Gasteiger partial charge in [-0.2, -0.15) is 0 Å².